The van der Waals surface area contributed by atoms with Gasteiger partial charge in [-0.25, -0.2) is 9.97 Å². The number of aromatic nitrogens is 2. The van der Waals surface area contributed by atoms with Gasteiger partial charge in [-0.15, -0.1) is 0 Å². The van der Waals surface area contributed by atoms with Crippen LogP contribution in [0.4, 0.5) is 5.82 Å². The molecule has 0 radical (unpaired) electrons. The number of fused-ring (bicyclic) bond motifs is 1. The number of aromatic hydroxyl groups is 1. The zero-order chi connectivity index (χ0) is 20.5. The molecule has 1 unspecified atom stereocenters. The molecular formula is C23H19Cl2N3O. The number of aryl methyl sites for hydroxylation is 1. The lowest BCUT2D eigenvalue weighted by atomic mass is 9.96. The topological polar surface area (TPSA) is 58.0 Å². The average molecular weight is 424 g/mol. The molecule has 2 aromatic carbocycles. The molecule has 1 atom stereocenters. The maximum Gasteiger partial charge on any atom is 0.147 e. The zero-order valence-electron chi connectivity index (χ0n) is 15.9. The van der Waals surface area contributed by atoms with Crippen LogP contribution in [0.2, 0.25) is 10.0 Å². The molecule has 0 fully saturated rings. The summed E-state index contributed by atoms with van der Waals surface area (Å²) in [6, 6.07) is 17.2. The van der Waals surface area contributed by atoms with E-state index in [1.807, 2.05) is 68.4 Å². The number of nitrogens with one attached hydrogen (secondary N) is 1. The predicted octanol–water partition coefficient (Wildman–Crippen LogP) is 6.46. The van der Waals surface area contributed by atoms with Crippen molar-refractivity contribution >= 4 is 39.9 Å². The van der Waals surface area contributed by atoms with Gasteiger partial charge in [-0.1, -0.05) is 71.7 Å². The molecule has 0 bridgehead atoms. The fraction of sp³-hybridized carbons (Fsp3) is 0.130. The maximum absolute atomic E-state index is 11.1. The molecule has 0 aliphatic heterocycles. The third-order valence-electron chi connectivity index (χ3n) is 4.93. The number of hydrogen-bond donors (Lipinski definition) is 2. The smallest absolute Gasteiger partial charge is 0.147 e. The van der Waals surface area contributed by atoms with E-state index >= 15 is 0 Å². The summed E-state index contributed by atoms with van der Waals surface area (Å²) < 4.78 is 0. The molecule has 4 aromatic rings. The minimum absolute atomic E-state index is 0.134. The van der Waals surface area contributed by atoms with E-state index < -0.39 is 0 Å². The highest BCUT2D eigenvalue weighted by Crippen LogP contribution is 2.38. The molecule has 2 N–H and O–H groups in total. The summed E-state index contributed by atoms with van der Waals surface area (Å²) in [5.41, 5.74) is 3.80. The van der Waals surface area contributed by atoms with Gasteiger partial charge in [-0.05, 0) is 31.0 Å². The Morgan fingerprint density at radius 1 is 0.966 bits per heavy atom. The summed E-state index contributed by atoms with van der Waals surface area (Å²) >= 11 is 12.6. The van der Waals surface area contributed by atoms with Crippen LogP contribution < -0.4 is 5.32 Å². The molecule has 0 aliphatic carbocycles. The van der Waals surface area contributed by atoms with Gasteiger partial charge in [0, 0.05) is 22.8 Å². The minimum atomic E-state index is -0.381. The standard InChI is InChI=1S/C23H19Cl2N3O/c1-13-8-9-16-10-11-17(22(29)21(16)27-13)20(15-6-4-3-5-7-15)28-23-19(25)14(2)18(24)12-26-23/h3-12,20,29H,1-2H3,(H,26,28). The number of pyridine rings is 2. The van der Waals surface area contributed by atoms with Gasteiger partial charge >= 0.3 is 0 Å². The number of phenolic OH excluding ortho intramolecular Hbond substituents is 1. The maximum atomic E-state index is 11.1. The van der Waals surface area contributed by atoms with Gasteiger partial charge in [-0.2, -0.15) is 0 Å². The monoisotopic (exact) mass is 423 g/mol. The van der Waals surface area contributed by atoms with Crippen LogP contribution in [-0.4, -0.2) is 15.1 Å². The molecule has 4 rings (SSSR count). The van der Waals surface area contributed by atoms with E-state index in [4.69, 9.17) is 23.2 Å². The first-order valence-electron chi connectivity index (χ1n) is 9.17. The highest BCUT2D eigenvalue weighted by molar-refractivity contribution is 6.37. The van der Waals surface area contributed by atoms with Gasteiger partial charge < -0.3 is 10.4 Å². The first-order valence-corrected chi connectivity index (χ1v) is 9.92. The molecule has 146 valence electrons. The van der Waals surface area contributed by atoms with Crippen LogP contribution in [-0.2, 0) is 0 Å². The lowest BCUT2D eigenvalue weighted by molar-refractivity contribution is 0.471. The van der Waals surface area contributed by atoms with Gasteiger partial charge in [0.25, 0.3) is 0 Å². The Bertz CT molecular complexity index is 1200. The summed E-state index contributed by atoms with van der Waals surface area (Å²) in [4.78, 5) is 8.89. The van der Waals surface area contributed by atoms with Gasteiger partial charge in [0.1, 0.15) is 17.1 Å². The Morgan fingerprint density at radius 2 is 1.69 bits per heavy atom. The predicted molar refractivity (Wildman–Crippen MR) is 119 cm³/mol. The Hall–Kier alpha value is -2.82. The quantitative estimate of drug-likeness (QED) is 0.395. The van der Waals surface area contributed by atoms with Crippen molar-refractivity contribution in [1.29, 1.82) is 0 Å². The number of halogens is 2. The minimum Gasteiger partial charge on any atom is -0.505 e. The van der Waals surface area contributed by atoms with E-state index in [0.717, 1.165) is 22.2 Å². The molecule has 6 heteroatoms. The molecule has 29 heavy (non-hydrogen) atoms. The van der Waals surface area contributed by atoms with Crippen molar-refractivity contribution in [3.8, 4) is 5.75 Å². The van der Waals surface area contributed by atoms with E-state index in [1.165, 1.54) is 0 Å². The molecular weight excluding hydrogens is 405 g/mol. The van der Waals surface area contributed by atoms with Crippen LogP contribution in [0.1, 0.15) is 28.4 Å². The van der Waals surface area contributed by atoms with E-state index in [2.05, 4.69) is 15.3 Å². The Kier molecular flexibility index (Phi) is 5.31. The van der Waals surface area contributed by atoms with Crippen LogP contribution in [0.3, 0.4) is 0 Å². The van der Waals surface area contributed by atoms with Gasteiger partial charge in [-0.3, -0.25) is 0 Å². The fourth-order valence-corrected chi connectivity index (χ4v) is 3.70. The normalized spacial score (nSPS) is 12.1. The van der Waals surface area contributed by atoms with E-state index in [9.17, 15) is 5.11 Å². The summed E-state index contributed by atoms with van der Waals surface area (Å²) in [6.45, 7) is 3.74. The summed E-state index contributed by atoms with van der Waals surface area (Å²) in [5, 5.41) is 16.3. The molecule has 0 aliphatic rings. The van der Waals surface area contributed by atoms with Crippen LogP contribution in [0.5, 0.6) is 5.75 Å². The second-order valence-electron chi connectivity index (χ2n) is 6.91. The molecule has 0 amide bonds. The third-order valence-corrected chi connectivity index (χ3v) is 5.78. The number of anilines is 1. The molecule has 0 spiro atoms. The van der Waals surface area contributed by atoms with Crippen molar-refractivity contribution in [3.63, 3.8) is 0 Å². The lowest BCUT2D eigenvalue weighted by Crippen LogP contribution is -2.14. The van der Waals surface area contributed by atoms with Gasteiger partial charge in [0.15, 0.2) is 0 Å². The number of rotatable bonds is 4. The van der Waals surface area contributed by atoms with E-state index in [0.29, 0.717) is 26.9 Å². The second-order valence-corrected chi connectivity index (χ2v) is 7.69. The largest absolute Gasteiger partial charge is 0.505 e. The van der Waals surface area contributed by atoms with Crippen LogP contribution in [0.25, 0.3) is 10.9 Å². The highest BCUT2D eigenvalue weighted by atomic mass is 35.5. The second kappa shape index (κ2) is 7.90. The third kappa shape index (κ3) is 3.74. The SMILES string of the molecule is Cc1ccc2ccc(C(Nc3ncc(Cl)c(C)c3Cl)c3ccccc3)c(O)c2n1. The first-order chi connectivity index (χ1) is 14.0. The molecule has 2 aromatic heterocycles. The van der Waals surface area contributed by atoms with Crippen molar-refractivity contribution in [2.45, 2.75) is 19.9 Å². The van der Waals surface area contributed by atoms with Crippen molar-refractivity contribution < 1.29 is 5.11 Å². The Balaban J connectivity index is 1.87. The number of hydrogen-bond acceptors (Lipinski definition) is 4. The van der Waals surface area contributed by atoms with E-state index in [-0.39, 0.29) is 11.8 Å². The van der Waals surface area contributed by atoms with Crippen LogP contribution >= 0.6 is 23.2 Å². The highest BCUT2D eigenvalue weighted by Gasteiger charge is 2.22. The van der Waals surface area contributed by atoms with Crippen molar-refractivity contribution in [2.24, 2.45) is 0 Å². The van der Waals surface area contributed by atoms with Crippen molar-refractivity contribution in [2.75, 3.05) is 5.32 Å². The van der Waals surface area contributed by atoms with Crippen LogP contribution in [0, 0.1) is 13.8 Å². The Morgan fingerprint density at radius 3 is 2.45 bits per heavy atom. The lowest BCUT2D eigenvalue weighted by Gasteiger charge is -2.23. The van der Waals surface area contributed by atoms with Gasteiger partial charge in [0.05, 0.1) is 16.1 Å². The van der Waals surface area contributed by atoms with Crippen molar-refractivity contribution in [3.05, 3.63) is 93.2 Å². The Labute approximate surface area is 179 Å². The molecule has 0 saturated heterocycles. The summed E-state index contributed by atoms with van der Waals surface area (Å²) in [5.74, 6) is 0.633. The van der Waals surface area contributed by atoms with E-state index in [1.54, 1.807) is 6.20 Å². The summed E-state index contributed by atoms with van der Waals surface area (Å²) in [6.07, 6.45) is 1.57. The molecule has 2 heterocycles. The molecule has 0 saturated carbocycles. The first kappa shape index (κ1) is 19.5. The fourth-order valence-electron chi connectivity index (χ4n) is 3.30. The van der Waals surface area contributed by atoms with Crippen molar-refractivity contribution in [1.82, 2.24) is 9.97 Å². The number of nitrogens with zero attached hydrogens (tertiary/aromatic N) is 2. The summed E-state index contributed by atoms with van der Waals surface area (Å²) in [7, 11) is 0. The zero-order valence-corrected chi connectivity index (χ0v) is 17.5. The number of benzene rings is 2. The number of phenols is 1. The van der Waals surface area contributed by atoms with Gasteiger partial charge in [0.2, 0.25) is 0 Å². The van der Waals surface area contributed by atoms with Crippen LogP contribution in [0.15, 0.2) is 60.8 Å². The average Bonchev–Trinajstić information content (AvgIpc) is 2.73. The molecule has 4 nitrogen and oxygen atoms in total.